The maximum absolute atomic E-state index is 10.3. The van der Waals surface area contributed by atoms with Crippen LogP contribution in [0, 0.1) is 0 Å². The van der Waals surface area contributed by atoms with Crippen LogP contribution in [0.5, 0.6) is 0 Å². The van der Waals surface area contributed by atoms with Crippen LogP contribution in [0.15, 0.2) is 0 Å². The molecule has 3 N–H and O–H groups in total. The molecule has 114 valence electrons. The van der Waals surface area contributed by atoms with Crippen molar-refractivity contribution < 1.29 is 9.90 Å². The van der Waals surface area contributed by atoms with Gasteiger partial charge in [0.2, 0.25) is 0 Å². The molecule has 0 radical (unpaired) electrons. The van der Waals surface area contributed by atoms with Gasteiger partial charge in [-0.3, -0.25) is 4.79 Å². The normalized spacial score (nSPS) is 10.8. The zero-order chi connectivity index (χ0) is 14.2. The van der Waals surface area contributed by atoms with Crippen LogP contribution in [-0.4, -0.2) is 37.8 Å². The van der Waals surface area contributed by atoms with Crippen molar-refractivity contribution in [2.75, 3.05) is 26.7 Å². The second kappa shape index (κ2) is 15.4. The number of hydrogen-bond acceptors (Lipinski definition) is 3. The molecule has 0 aliphatic rings. The summed E-state index contributed by atoms with van der Waals surface area (Å²) in [7, 11) is 2.01. The van der Waals surface area contributed by atoms with Crippen molar-refractivity contribution in [2.24, 2.45) is 0 Å². The fourth-order valence-corrected chi connectivity index (χ4v) is 2.09. The highest BCUT2D eigenvalue weighted by atomic mass is 16.4. The van der Waals surface area contributed by atoms with Gasteiger partial charge in [0.25, 0.3) is 0 Å². The van der Waals surface area contributed by atoms with E-state index in [1.54, 1.807) is 0 Å². The van der Waals surface area contributed by atoms with Crippen molar-refractivity contribution in [1.29, 1.82) is 0 Å². The smallest absolute Gasteiger partial charge is 0.303 e. The van der Waals surface area contributed by atoms with Gasteiger partial charge >= 0.3 is 5.97 Å². The molecular weight excluding hydrogens is 240 g/mol. The molecule has 0 saturated heterocycles. The molecule has 0 heterocycles. The molecule has 0 fully saturated rings. The Balaban J connectivity index is 2.93. The van der Waals surface area contributed by atoms with Gasteiger partial charge in [-0.1, -0.05) is 32.1 Å². The van der Waals surface area contributed by atoms with Crippen LogP contribution in [-0.2, 0) is 4.79 Å². The predicted molar refractivity (Wildman–Crippen MR) is 80.6 cm³/mol. The Morgan fingerprint density at radius 1 is 0.789 bits per heavy atom. The van der Waals surface area contributed by atoms with E-state index < -0.39 is 5.97 Å². The Kier molecular flexibility index (Phi) is 15.0. The summed E-state index contributed by atoms with van der Waals surface area (Å²) in [6, 6.07) is 0. The first-order chi connectivity index (χ1) is 9.27. The van der Waals surface area contributed by atoms with Gasteiger partial charge in [0.15, 0.2) is 0 Å². The van der Waals surface area contributed by atoms with Crippen molar-refractivity contribution in [2.45, 2.75) is 64.2 Å². The molecule has 0 unspecified atom stereocenters. The summed E-state index contributed by atoms with van der Waals surface area (Å²) in [5.41, 5.74) is 0. The number of rotatable bonds is 15. The molecular formula is C15H32N2O2. The molecule has 0 rings (SSSR count). The highest BCUT2D eigenvalue weighted by Crippen LogP contribution is 2.04. The van der Waals surface area contributed by atoms with E-state index >= 15 is 0 Å². The molecule has 4 heteroatoms. The molecule has 0 aromatic heterocycles. The molecule has 0 aromatic rings. The lowest BCUT2D eigenvalue weighted by molar-refractivity contribution is -0.137. The van der Waals surface area contributed by atoms with E-state index in [0.717, 1.165) is 38.9 Å². The Labute approximate surface area is 118 Å². The van der Waals surface area contributed by atoms with Crippen molar-refractivity contribution in [1.82, 2.24) is 10.6 Å². The number of carboxylic acids is 1. The maximum atomic E-state index is 10.3. The van der Waals surface area contributed by atoms with E-state index in [9.17, 15) is 4.79 Å². The minimum atomic E-state index is -0.678. The van der Waals surface area contributed by atoms with Crippen molar-refractivity contribution in [3.63, 3.8) is 0 Å². The first-order valence-corrected chi connectivity index (χ1v) is 7.84. The minimum Gasteiger partial charge on any atom is -0.481 e. The van der Waals surface area contributed by atoms with Gasteiger partial charge < -0.3 is 15.7 Å². The summed E-state index contributed by atoms with van der Waals surface area (Å²) in [5, 5.41) is 15.1. The molecule has 4 nitrogen and oxygen atoms in total. The fraction of sp³-hybridized carbons (Fsp3) is 0.933. The van der Waals surface area contributed by atoms with Gasteiger partial charge in [0.05, 0.1) is 0 Å². The Hall–Kier alpha value is -0.610. The topological polar surface area (TPSA) is 61.4 Å². The lowest BCUT2D eigenvalue weighted by atomic mass is 10.1. The van der Waals surface area contributed by atoms with Crippen LogP contribution in [0.2, 0.25) is 0 Å². The lowest BCUT2D eigenvalue weighted by Crippen LogP contribution is -2.16. The molecule has 0 aliphatic carbocycles. The first-order valence-electron chi connectivity index (χ1n) is 7.84. The van der Waals surface area contributed by atoms with Crippen LogP contribution in [0.3, 0.4) is 0 Å². The number of hydrogen-bond donors (Lipinski definition) is 3. The molecule has 0 aromatic carbocycles. The van der Waals surface area contributed by atoms with Gasteiger partial charge in [0.1, 0.15) is 0 Å². The monoisotopic (exact) mass is 272 g/mol. The molecule has 0 spiro atoms. The zero-order valence-corrected chi connectivity index (χ0v) is 12.5. The van der Waals surface area contributed by atoms with Crippen LogP contribution >= 0.6 is 0 Å². The van der Waals surface area contributed by atoms with Gasteiger partial charge in [-0.25, -0.2) is 0 Å². The predicted octanol–water partition coefficient (Wildman–Crippen LogP) is 2.78. The average molecular weight is 272 g/mol. The SMILES string of the molecule is CNCCCCCCCCNCCCCCC(=O)O. The highest BCUT2D eigenvalue weighted by Gasteiger charge is 1.96. The highest BCUT2D eigenvalue weighted by molar-refractivity contribution is 5.66. The Morgan fingerprint density at radius 3 is 1.79 bits per heavy atom. The third-order valence-corrected chi connectivity index (χ3v) is 3.27. The largest absolute Gasteiger partial charge is 0.481 e. The maximum Gasteiger partial charge on any atom is 0.303 e. The second-order valence-corrected chi connectivity index (χ2v) is 5.18. The van der Waals surface area contributed by atoms with Crippen LogP contribution in [0.1, 0.15) is 64.2 Å². The van der Waals surface area contributed by atoms with E-state index in [-0.39, 0.29) is 0 Å². The zero-order valence-electron chi connectivity index (χ0n) is 12.5. The van der Waals surface area contributed by atoms with Crippen LogP contribution in [0.25, 0.3) is 0 Å². The summed E-state index contributed by atoms with van der Waals surface area (Å²) >= 11 is 0. The van der Waals surface area contributed by atoms with Crippen LogP contribution < -0.4 is 10.6 Å². The standard InChI is InChI=1S/C15H32N2O2/c1-16-12-8-4-2-3-5-9-13-17-14-10-6-7-11-15(18)19/h16-17H,2-14H2,1H3,(H,18,19). The number of aliphatic carboxylic acids is 1. The van der Waals surface area contributed by atoms with Gasteiger partial charge in [-0.2, -0.15) is 0 Å². The third kappa shape index (κ3) is 17.4. The van der Waals surface area contributed by atoms with E-state index in [1.807, 2.05) is 7.05 Å². The summed E-state index contributed by atoms with van der Waals surface area (Å²) in [6.45, 7) is 3.28. The first kappa shape index (κ1) is 18.4. The molecule has 0 amide bonds. The summed E-state index contributed by atoms with van der Waals surface area (Å²) in [4.78, 5) is 10.3. The fourth-order valence-electron chi connectivity index (χ4n) is 2.09. The molecule has 0 atom stereocenters. The number of unbranched alkanes of at least 4 members (excludes halogenated alkanes) is 7. The van der Waals surface area contributed by atoms with Gasteiger partial charge in [0, 0.05) is 6.42 Å². The molecule has 0 aliphatic heterocycles. The Bertz CT molecular complexity index is 199. The van der Waals surface area contributed by atoms with Crippen molar-refractivity contribution >= 4 is 5.97 Å². The quantitative estimate of drug-likeness (QED) is 0.401. The van der Waals surface area contributed by atoms with E-state index in [1.165, 1.54) is 38.5 Å². The van der Waals surface area contributed by atoms with E-state index in [2.05, 4.69) is 10.6 Å². The summed E-state index contributed by atoms with van der Waals surface area (Å²) in [6.07, 6.45) is 11.2. The number of nitrogens with one attached hydrogen (secondary N) is 2. The minimum absolute atomic E-state index is 0.313. The molecule has 0 saturated carbocycles. The van der Waals surface area contributed by atoms with Gasteiger partial charge in [-0.15, -0.1) is 0 Å². The molecule has 19 heavy (non-hydrogen) atoms. The number of carbonyl (C=O) groups is 1. The second-order valence-electron chi connectivity index (χ2n) is 5.18. The molecule has 0 bridgehead atoms. The summed E-state index contributed by atoms with van der Waals surface area (Å²) < 4.78 is 0. The van der Waals surface area contributed by atoms with Crippen molar-refractivity contribution in [3.05, 3.63) is 0 Å². The average Bonchev–Trinajstić information content (AvgIpc) is 2.39. The number of carboxylic acid groups (broad SMARTS) is 1. The third-order valence-electron chi connectivity index (χ3n) is 3.27. The van der Waals surface area contributed by atoms with E-state index in [4.69, 9.17) is 5.11 Å². The van der Waals surface area contributed by atoms with E-state index in [0.29, 0.717) is 6.42 Å². The van der Waals surface area contributed by atoms with Gasteiger partial charge in [-0.05, 0) is 52.4 Å². The lowest BCUT2D eigenvalue weighted by Gasteiger charge is -2.04. The van der Waals surface area contributed by atoms with Crippen molar-refractivity contribution in [3.8, 4) is 0 Å². The van der Waals surface area contributed by atoms with Crippen LogP contribution in [0.4, 0.5) is 0 Å². The Morgan fingerprint density at radius 2 is 1.26 bits per heavy atom. The summed E-state index contributed by atoms with van der Waals surface area (Å²) in [5.74, 6) is -0.678.